The van der Waals surface area contributed by atoms with Crippen molar-refractivity contribution in [1.82, 2.24) is 4.98 Å². The molecule has 2 aromatic rings. The van der Waals surface area contributed by atoms with Gasteiger partial charge in [-0.15, -0.1) is 11.3 Å². The summed E-state index contributed by atoms with van der Waals surface area (Å²) in [6.07, 6.45) is 1.89. The fourth-order valence-electron chi connectivity index (χ4n) is 1.07. The first-order chi connectivity index (χ1) is 6.45. The Morgan fingerprint density at radius 1 is 1.23 bits per heavy atom. The standard InChI is InChI=1S/C10H10N2S/c1-2-4-9(5-3-1)12-7-10-6-11-8-13-10/h1-6,8,12H,7H2. The lowest BCUT2D eigenvalue weighted by molar-refractivity contribution is 1.17. The molecule has 0 saturated carbocycles. The number of para-hydroxylation sites is 1. The minimum atomic E-state index is 0.856. The van der Waals surface area contributed by atoms with Crippen LogP contribution in [0, 0.1) is 0 Å². The average Bonchev–Trinajstić information content (AvgIpc) is 2.69. The van der Waals surface area contributed by atoms with E-state index in [-0.39, 0.29) is 0 Å². The highest BCUT2D eigenvalue weighted by Crippen LogP contribution is 2.10. The van der Waals surface area contributed by atoms with Gasteiger partial charge in [-0.1, -0.05) is 18.2 Å². The zero-order valence-electron chi connectivity index (χ0n) is 7.10. The van der Waals surface area contributed by atoms with Crippen LogP contribution < -0.4 is 5.32 Å². The second-order valence-electron chi connectivity index (χ2n) is 2.69. The van der Waals surface area contributed by atoms with Gasteiger partial charge in [-0.2, -0.15) is 0 Å². The Kier molecular flexibility index (Phi) is 2.57. The molecule has 0 aliphatic carbocycles. The van der Waals surface area contributed by atoms with Crippen LogP contribution in [-0.2, 0) is 6.54 Å². The Hall–Kier alpha value is -1.35. The van der Waals surface area contributed by atoms with E-state index in [1.807, 2.05) is 29.9 Å². The van der Waals surface area contributed by atoms with Crippen molar-refractivity contribution >= 4 is 17.0 Å². The van der Waals surface area contributed by atoms with Crippen molar-refractivity contribution in [3.05, 3.63) is 46.9 Å². The number of hydrogen-bond acceptors (Lipinski definition) is 3. The largest absolute Gasteiger partial charge is 0.380 e. The fourth-order valence-corrected chi connectivity index (χ4v) is 1.61. The highest BCUT2D eigenvalue weighted by Gasteiger charge is 1.93. The Labute approximate surface area is 81.3 Å². The van der Waals surface area contributed by atoms with E-state index < -0.39 is 0 Å². The maximum absolute atomic E-state index is 4.01. The van der Waals surface area contributed by atoms with Gasteiger partial charge in [0.15, 0.2) is 0 Å². The molecule has 2 nitrogen and oxygen atoms in total. The Bertz CT molecular complexity index is 342. The third-order valence-corrected chi connectivity index (χ3v) is 2.50. The van der Waals surface area contributed by atoms with Gasteiger partial charge in [-0.3, -0.25) is 4.98 Å². The molecule has 0 radical (unpaired) electrons. The first kappa shape index (κ1) is 8.26. The molecule has 1 heterocycles. The van der Waals surface area contributed by atoms with Gasteiger partial charge in [-0.05, 0) is 12.1 Å². The Balaban J connectivity index is 1.94. The van der Waals surface area contributed by atoms with Crippen LogP contribution in [0.2, 0.25) is 0 Å². The molecular formula is C10H10N2S. The maximum Gasteiger partial charge on any atom is 0.0794 e. The summed E-state index contributed by atoms with van der Waals surface area (Å²) < 4.78 is 0. The van der Waals surface area contributed by atoms with Gasteiger partial charge in [0, 0.05) is 16.8 Å². The van der Waals surface area contributed by atoms with Gasteiger partial charge < -0.3 is 5.32 Å². The minimum Gasteiger partial charge on any atom is -0.380 e. The van der Waals surface area contributed by atoms with E-state index in [9.17, 15) is 0 Å². The summed E-state index contributed by atoms with van der Waals surface area (Å²) in [6.45, 7) is 0.856. The fraction of sp³-hybridized carbons (Fsp3) is 0.100. The molecule has 1 aromatic heterocycles. The first-order valence-electron chi connectivity index (χ1n) is 4.11. The topological polar surface area (TPSA) is 24.9 Å². The third-order valence-electron chi connectivity index (χ3n) is 1.72. The normalized spacial score (nSPS) is 9.85. The second kappa shape index (κ2) is 4.05. The summed E-state index contributed by atoms with van der Waals surface area (Å²) in [4.78, 5) is 5.27. The molecule has 66 valence electrons. The summed E-state index contributed by atoms with van der Waals surface area (Å²) >= 11 is 1.67. The Morgan fingerprint density at radius 2 is 2.08 bits per heavy atom. The van der Waals surface area contributed by atoms with Crippen molar-refractivity contribution in [3.63, 3.8) is 0 Å². The predicted molar refractivity (Wildman–Crippen MR) is 55.9 cm³/mol. The molecule has 2 rings (SSSR count). The number of thiazole rings is 1. The van der Waals surface area contributed by atoms with Crippen molar-refractivity contribution in [2.24, 2.45) is 0 Å². The van der Waals surface area contributed by atoms with E-state index in [0.717, 1.165) is 12.2 Å². The summed E-state index contributed by atoms with van der Waals surface area (Å²) in [5, 5.41) is 3.32. The van der Waals surface area contributed by atoms with Crippen molar-refractivity contribution < 1.29 is 0 Å². The average molecular weight is 190 g/mol. The van der Waals surface area contributed by atoms with E-state index in [0.29, 0.717) is 0 Å². The third kappa shape index (κ3) is 2.29. The second-order valence-corrected chi connectivity index (χ2v) is 3.66. The molecule has 1 N–H and O–H groups in total. The number of aromatic nitrogens is 1. The highest BCUT2D eigenvalue weighted by molar-refractivity contribution is 7.09. The van der Waals surface area contributed by atoms with Gasteiger partial charge in [0.2, 0.25) is 0 Å². The summed E-state index contributed by atoms with van der Waals surface area (Å²) in [5.74, 6) is 0. The predicted octanol–water partition coefficient (Wildman–Crippen LogP) is 2.76. The number of hydrogen-bond donors (Lipinski definition) is 1. The molecule has 0 fully saturated rings. The lowest BCUT2D eigenvalue weighted by Gasteiger charge is -2.02. The van der Waals surface area contributed by atoms with Crippen LogP contribution in [-0.4, -0.2) is 4.98 Å². The number of anilines is 1. The van der Waals surface area contributed by atoms with Crippen molar-refractivity contribution in [2.45, 2.75) is 6.54 Å². The van der Waals surface area contributed by atoms with Crippen molar-refractivity contribution in [2.75, 3.05) is 5.32 Å². The molecule has 0 bridgehead atoms. The van der Waals surface area contributed by atoms with E-state index in [4.69, 9.17) is 0 Å². The SMILES string of the molecule is c1ccc(NCc2cncs2)cc1. The molecule has 3 heteroatoms. The van der Waals surface area contributed by atoms with Crippen LogP contribution in [0.25, 0.3) is 0 Å². The molecule has 0 aliphatic rings. The number of rotatable bonds is 3. The monoisotopic (exact) mass is 190 g/mol. The molecule has 13 heavy (non-hydrogen) atoms. The van der Waals surface area contributed by atoms with Crippen LogP contribution in [0.15, 0.2) is 42.0 Å². The van der Waals surface area contributed by atoms with Gasteiger partial charge in [-0.25, -0.2) is 0 Å². The van der Waals surface area contributed by atoms with Gasteiger partial charge in [0.1, 0.15) is 0 Å². The van der Waals surface area contributed by atoms with Crippen LogP contribution in [0.3, 0.4) is 0 Å². The number of nitrogens with one attached hydrogen (secondary N) is 1. The lowest BCUT2D eigenvalue weighted by atomic mass is 10.3. The molecule has 0 amide bonds. The van der Waals surface area contributed by atoms with Gasteiger partial charge in [0.05, 0.1) is 12.1 Å². The molecule has 0 saturated heterocycles. The van der Waals surface area contributed by atoms with Gasteiger partial charge in [0.25, 0.3) is 0 Å². The maximum atomic E-state index is 4.01. The van der Waals surface area contributed by atoms with Gasteiger partial charge >= 0.3 is 0 Å². The number of benzene rings is 1. The van der Waals surface area contributed by atoms with E-state index in [1.54, 1.807) is 11.3 Å². The zero-order chi connectivity index (χ0) is 8.93. The van der Waals surface area contributed by atoms with Crippen LogP contribution in [0.5, 0.6) is 0 Å². The van der Waals surface area contributed by atoms with E-state index in [2.05, 4.69) is 22.4 Å². The molecule has 1 aromatic carbocycles. The smallest absolute Gasteiger partial charge is 0.0794 e. The quantitative estimate of drug-likeness (QED) is 0.805. The lowest BCUT2D eigenvalue weighted by Crippen LogP contribution is -1.96. The van der Waals surface area contributed by atoms with E-state index in [1.165, 1.54) is 4.88 Å². The molecular weight excluding hydrogens is 180 g/mol. The van der Waals surface area contributed by atoms with Crippen LogP contribution in [0.4, 0.5) is 5.69 Å². The summed E-state index contributed by atoms with van der Waals surface area (Å²) in [7, 11) is 0. The molecule has 0 aliphatic heterocycles. The van der Waals surface area contributed by atoms with Crippen LogP contribution in [0.1, 0.15) is 4.88 Å². The molecule has 0 unspecified atom stereocenters. The highest BCUT2D eigenvalue weighted by atomic mass is 32.1. The van der Waals surface area contributed by atoms with Crippen LogP contribution >= 0.6 is 11.3 Å². The minimum absolute atomic E-state index is 0.856. The summed E-state index contributed by atoms with van der Waals surface area (Å²) in [6, 6.07) is 10.2. The number of nitrogens with zero attached hydrogens (tertiary/aromatic N) is 1. The van der Waals surface area contributed by atoms with Crippen molar-refractivity contribution in [1.29, 1.82) is 0 Å². The van der Waals surface area contributed by atoms with E-state index >= 15 is 0 Å². The molecule has 0 spiro atoms. The van der Waals surface area contributed by atoms with Crippen molar-refractivity contribution in [3.8, 4) is 0 Å². The summed E-state index contributed by atoms with van der Waals surface area (Å²) in [5.41, 5.74) is 3.00. The first-order valence-corrected chi connectivity index (χ1v) is 4.99. The molecule has 0 atom stereocenters. The Morgan fingerprint density at radius 3 is 2.77 bits per heavy atom. The zero-order valence-corrected chi connectivity index (χ0v) is 7.92.